The molecule has 162 valence electrons. The van der Waals surface area contributed by atoms with Crippen LogP contribution in [0.4, 0.5) is 17.6 Å². The minimum Gasteiger partial charge on any atom is -0.377 e. The van der Waals surface area contributed by atoms with E-state index in [4.69, 9.17) is 16.3 Å². The van der Waals surface area contributed by atoms with Crippen molar-refractivity contribution in [3.63, 3.8) is 0 Å². The van der Waals surface area contributed by atoms with E-state index in [1.165, 1.54) is 4.40 Å². The summed E-state index contributed by atoms with van der Waals surface area (Å²) in [6.45, 7) is -0.966. The first kappa shape index (κ1) is 21.8. The molecule has 30 heavy (non-hydrogen) atoms. The molecule has 1 saturated heterocycles. The summed E-state index contributed by atoms with van der Waals surface area (Å²) in [5, 5.41) is 6.41. The maximum absolute atomic E-state index is 13.3. The normalized spacial score (nSPS) is 16.5. The van der Waals surface area contributed by atoms with Crippen LogP contribution in [0.25, 0.3) is 16.3 Å². The maximum atomic E-state index is 13.3. The van der Waals surface area contributed by atoms with Crippen LogP contribution in [0.15, 0.2) is 21.8 Å². The van der Waals surface area contributed by atoms with Gasteiger partial charge < -0.3 is 4.74 Å². The molecule has 3 aromatic heterocycles. The van der Waals surface area contributed by atoms with E-state index in [2.05, 4.69) is 31.1 Å². The highest BCUT2D eigenvalue weighted by Gasteiger charge is 2.50. The van der Waals surface area contributed by atoms with Crippen LogP contribution < -0.4 is 4.72 Å². The van der Waals surface area contributed by atoms with E-state index < -0.39 is 51.5 Å². The number of halogens is 6. The molecule has 0 saturated carbocycles. The van der Waals surface area contributed by atoms with Gasteiger partial charge in [-0.25, -0.2) is 31.0 Å². The Hall–Kier alpha value is -1.39. The number of ether oxygens (including phenoxy) is 1. The van der Waals surface area contributed by atoms with Crippen molar-refractivity contribution in [2.75, 3.05) is 13.2 Å². The van der Waals surface area contributed by atoms with Crippen LogP contribution in [0.2, 0.25) is 5.02 Å². The lowest BCUT2D eigenvalue weighted by Gasteiger charge is -2.40. The second kappa shape index (κ2) is 7.63. The van der Waals surface area contributed by atoms with Crippen molar-refractivity contribution in [3.05, 3.63) is 26.9 Å². The Morgan fingerprint density at radius 1 is 1.30 bits per heavy atom. The van der Waals surface area contributed by atoms with Crippen molar-refractivity contribution in [1.82, 2.24) is 24.3 Å². The average molecular weight is 551 g/mol. The second-order valence-corrected chi connectivity index (χ2v) is 10.1. The number of hydrogen-bond donors (Lipinski definition) is 1. The van der Waals surface area contributed by atoms with Gasteiger partial charge in [0.25, 0.3) is 12.9 Å². The Balaban J connectivity index is 1.82. The zero-order chi connectivity index (χ0) is 21.8. The van der Waals surface area contributed by atoms with Crippen LogP contribution in [0, 0.1) is 0 Å². The molecule has 16 heteroatoms. The molecule has 0 atom stereocenters. The van der Waals surface area contributed by atoms with Gasteiger partial charge in [-0.15, -0.1) is 10.2 Å². The molecule has 4 heterocycles. The molecule has 8 nitrogen and oxygen atoms in total. The van der Waals surface area contributed by atoms with Gasteiger partial charge >= 0.3 is 0 Å². The number of nitrogens with zero attached hydrogens (tertiary/aromatic N) is 4. The van der Waals surface area contributed by atoms with Crippen LogP contribution >= 0.6 is 38.9 Å². The van der Waals surface area contributed by atoms with E-state index in [1.54, 1.807) is 0 Å². The molecule has 0 bridgehead atoms. The summed E-state index contributed by atoms with van der Waals surface area (Å²) in [7, 11) is -4.45. The number of nitrogens with one attached hydrogen (secondary N) is 1. The summed E-state index contributed by atoms with van der Waals surface area (Å²) in [4.78, 5) is 3.72. The molecule has 3 aromatic rings. The summed E-state index contributed by atoms with van der Waals surface area (Å²) in [6, 6.07) is 1.07. The van der Waals surface area contributed by atoms with Crippen molar-refractivity contribution in [2.24, 2.45) is 0 Å². The predicted octanol–water partition coefficient (Wildman–Crippen LogP) is 3.52. The number of sulfonamides is 1. The molecule has 0 aliphatic carbocycles. The monoisotopic (exact) mass is 549 g/mol. The summed E-state index contributed by atoms with van der Waals surface area (Å²) >= 11 is 9.95. The van der Waals surface area contributed by atoms with Gasteiger partial charge in [0.05, 0.1) is 23.8 Å². The number of alkyl halides is 4. The smallest absolute Gasteiger partial charge is 0.291 e. The molecule has 1 fully saturated rings. The highest BCUT2D eigenvalue weighted by Crippen LogP contribution is 2.35. The van der Waals surface area contributed by atoms with Gasteiger partial charge in [0.2, 0.25) is 10.0 Å². The molecule has 0 amide bonds. The van der Waals surface area contributed by atoms with E-state index in [0.29, 0.717) is 11.3 Å². The van der Waals surface area contributed by atoms with Crippen molar-refractivity contribution in [2.45, 2.75) is 23.3 Å². The first-order chi connectivity index (χ1) is 14.0. The van der Waals surface area contributed by atoms with Crippen LogP contribution in [0.3, 0.4) is 0 Å². The molecule has 1 aliphatic heterocycles. The lowest BCUT2D eigenvalue weighted by Crippen LogP contribution is -2.66. The number of rotatable bonds is 6. The van der Waals surface area contributed by atoms with Gasteiger partial charge in [0.15, 0.2) is 15.8 Å². The quantitative estimate of drug-likeness (QED) is 0.472. The standard InChI is InChI=1S/C14H9BrClF4N5O3S2/c15-8-7-6(16)1-5(30(26,27)24-14(13(19)20)3-28-4-14)2-25(7)10(21-8)12-23-22-11(29-12)9(17)18/h1-2,9,13,24H,3-4H2. The summed E-state index contributed by atoms with van der Waals surface area (Å²) in [5.74, 6) is -0.00391. The van der Waals surface area contributed by atoms with E-state index in [9.17, 15) is 26.0 Å². The van der Waals surface area contributed by atoms with Crippen molar-refractivity contribution >= 4 is 54.4 Å². The topological polar surface area (TPSA) is 98.5 Å². The molecule has 1 N–H and O–H groups in total. The fraction of sp³-hybridized carbons (Fsp3) is 0.357. The van der Waals surface area contributed by atoms with Crippen molar-refractivity contribution in [3.8, 4) is 10.8 Å². The number of fused-ring (bicyclic) bond motifs is 1. The van der Waals surface area contributed by atoms with Gasteiger partial charge in [0.1, 0.15) is 15.0 Å². The lowest BCUT2D eigenvalue weighted by atomic mass is 10.0. The number of imidazole rings is 1. The average Bonchev–Trinajstić information content (AvgIpc) is 3.23. The summed E-state index contributed by atoms with van der Waals surface area (Å²) in [5.41, 5.74) is -1.81. The van der Waals surface area contributed by atoms with Gasteiger partial charge in [-0.1, -0.05) is 22.9 Å². The maximum Gasteiger partial charge on any atom is 0.291 e. The lowest BCUT2D eigenvalue weighted by molar-refractivity contribution is -0.134. The Bertz CT molecular complexity index is 1230. The molecule has 0 aromatic carbocycles. The van der Waals surface area contributed by atoms with Gasteiger partial charge in [-0.2, -0.15) is 4.72 Å². The molecule has 1 aliphatic rings. The van der Waals surface area contributed by atoms with E-state index >= 15 is 0 Å². The zero-order valence-corrected chi connectivity index (χ0v) is 18.3. The van der Waals surface area contributed by atoms with Crippen LogP contribution in [0.1, 0.15) is 11.4 Å². The number of hydrogen-bond acceptors (Lipinski definition) is 7. The first-order valence-corrected chi connectivity index (χ1v) is 11.4. The van der Waals surface area contributed by atoms with Gasteiger partial charge in [-0.3, -0.25) is 4.40 Å². The third-order valence-electron chi connectivity index (χ3n) is 4.22. The molecule has 0 unspecified atom stereocenters. The minimum absolute atomic E-state index is 0.00391. The van der Waals surface area contributed by atoms with Crippen molar-refractivity contribution in [1.29, 1.82) is 0 Å². The molecule has 0 spiro atoms. The van der Waals surface area contributed by atoms with E-state index in [0.717, 1.165) is 12.3 Å². The molecule has 4 rings (SSSR count). The Labute approximate surface area is 183 Å². The Morgan fingerprint density at radius 3 is 2.53 bits per heavy atom. The summed E-state index contributed by atoms with van der Waals surface area (Å²) in [6.07, 6.45) is -4.75. The Morgan fingerprint density at radius 2 is 2.00 bits per heavy atom. The van der Waals surface area contributed by atoms with Crippen LogP contribution in [-0.2, 0) is 14.8 Å². The van der Waals surface area contributed by atoms with Crippen LogP contribution in [0.5, 0.6) is 0 Å². The minimum atomic E-state index is -4.45. The van der Waals surface area contributed by atoms with E-state index in [1.807, 2.05) is 4.72 Å². The predicted molar refractivity (Wildman–Crippen MR) is 102 cm³/mol. The third-order valence-corrected chi connectivity index (χ3v) is 7.51. The fourth-order valence-corrected chi connectivity index (χ4v) is 5.80. The van der Waals surface area contributed by atoms with Crippen LogP contribution in [-0.4, -0.2) is 53.2 Å². The number of aromatic nitrogens is 4. The molecular formula is C14H9BrClF4N5O3S2. The van der Waals surface area contributed by atoms with Crippen molar-refractivity contribution < 1.29 is 30.7 Å². The molecular weight excluding hydrogens is 542 g/mol. The largest absolute Gasteiger partial charge is 0.377 e. The van der Waals surface area contributed by atoms with E-state index in [-0.39, 0.29) is 26.0 Å². The summed E-state index contributed by atoms with van der Waals surface area (Å²) < 4.78 is 86.0. The first-order valence-electron chi connectivity index (χ1n) is 7.93. The number of pyridine rings is 1. The van der Waals surface area contributed by atoms with Gasteiger partial charge in [0, 0.05) is 6.20 Å². The Kier molecular flexibility index (Phi) is 5.55. The SMILES string of the molecule is O=S(=O)(NC1(C(F)F)COC1)c1cc(Cl)c2c(Br)nc(-c3nnc(C(F)F)s3)n2c1. The second-order valence-electron chi connectivity index (χ2n) is 6.27. The molecule has 0 radical (unpaired) electrons. The zero-order valence-electron chi connectivity index (χ0n) is 14.3. The fourth-order valence-electron chi connectivity index (χ4n) is 2.69. The highest BCUT2D eigenvalue weighted by atomic mass is 79.9. The third kappa shape index (κ3) is 3.60. The highest BCUT2D eigenvalue weighted by molar-refractivity contribution is 9.10. The van der Waals surface area contributed by atoms with Gasteiger partial charge in [-0.05, 0) is 22.0 Å².